The van der Waals surface area contributed by atoms with Crippen LogP contribution >= 0.6 is 0 Å². The van der Waals surface area contributed by atoms with Crippen molar-refractivity contribution in [3.05, 3.63) is 47.3 Å². The minimum absolute atomic E-state index is 0.0172. The van der Waals surface area contributed by atoms with Crippen LogP contribution in [0.5, 0.6) is 0 Å². The average molecular weight is 377 g/mol. The molecule has 140 valence electrons. The van der Waals surface area contributed by atoms with Gasteiger partial charge < -0.3 is 9.84 Å². The molecule has 0 bridgehead atoms. The highest BCUT2D eigenvalue weighted by Gasteiger charge is 2.40. The van der Waals surface area contributed by atoms with E-state index in [1.807, 2.05) is 14.0 Å². The van der Waals surface area contributed by atoms with Gasteiger partial charge in [-0.2, -0.15) is 17.6 Å². The first-order valence-corrected chi connectivity index (χ1v) is 10.2. The number of aliphatic hydroxyl groups excluding tert-OH is 1. The molecule has 3 atom stereocenters. The van der Waals surface area contributed by atoms with Crippen molar-refractivity contribution in [3.63, 3.8) is 0 Å². The van der Waals surface area contributed by atoms with Crippen molar-refractivity contribution in [2.45, 2.75) is 42.9 Å². The molecule has 2 heterocycles. The van der Waals surface area contributed by atoms with Crippen LogP contribution in [0.3, 0.4) is 0 Å². The highest BCUT2D eigenvalue weighted by Crippen LogP contribution is 2.30. The lowest BCUT2D eigenvalue weighted by Gasteiger charge is -2.44. The van der Waals surface area contributed by atoms with Gasteiger partial charge in [0.05, 0.1) is 29.4 Å². The van der Waals surface area contributed by atoms with Gasteiger partial charge in [-0.3, -0.25) is 4.90 Å². The molecule has 0 radical (unpaired) electrons. The summed E-state index contributed by atoms with van der Waals surface area (Å²) in [6.45, 7) is 2.57. The van der Waals surface area contributed by atoms with E-state index in [1.54, 1.807) is 30.5 Å². The van der Waals surface area contributed by atoms with Crippen LogP contribution in [0.1, 0.15) is 16.8 Å². The van der Waals surface area contributed by atoms with Gasteiger partial charge in [0.2, 0.25) is 0 Å². The Hall–Kier alpha value is -1.74. The Kier molecular flexibility index (Phi) is 4.38. The number of likely N-dealkylation sites (N-methyl/N-ethyl adjacent to an activating group) is 1. The molecule has 1 aliphatic carbocycles. The summed E-state index contributed by atoms with van der Waals surface area (Å²) >= 11 is 0. The predicted molar refractivity (Wildman–Crippen MR) is 95.6 cm³/mol. The number of aromatic nitrogens is 2. The third-order valence-corrected chi connectivity index (χ3v) is 6.85. The fourth-order valence-corrected chi connectivity index (χ4v) is 4.98. The van der Waals surface area contributed by atoms with Gasteiger partial charge in [-0.05, 0) is 38.1 Å². The highest BCUT2D eigenvalue weighted by atomic mass is 32.2. The van der Waals surface area contributed by atoms with Gasteiger partial charge in [-0.15, -0.1) is 0 Å². The van der Waals surface area contributed by atoms with Crippen molar-refractivity contribution < 1.29 is 18.3 Å². The maximum Gasteiger partial charge on any atom is 0.282 e. The van der Waals surface area contributed by atoms with E-state index < -0.39 is 10.0 Å². The molecule has 4 rings (SSSR count). The van der Waals surface area contributed by atoms with E-state index >= 15 is 0 Å². The molecule has 0 spiro atoms. The van der Waals surface area contributed by atoms with Crippen LogP contribution < -0.4 is 0 Å². The van der Waals surface area contributed by atoms with Crippen molar-refractivity contribution >= 4 is 10.0 Å². The summed E-state index contributed by atoms with van der Waals surface area (Å²) in [5.41, 5.74) is 2.71. The molecule has 2 aliphatic rings. The van der Waals surface area contributed by atoms with E-state index in [0.717, 1.165) is 20.9 Å². The molecule has 2 aromatic rings. The molecule has 7 nitrogen and oxygen atoms in total. The van der Waals surface area contributed by atoms with Gasteiger partial charge in [0.1, 0.15) is 0 Å². The fraction of sp³-hybridized carbons (Fsp3) is 0.500. The van der Waals surface area contributed by atoms with E-state index in [2.05, 4.69) is 10.00 Å². The van der Waals surface area contributed by atoms with Crippen LogP contribution in [-0.4, -0.2) is 66.1 Å². The summed E-state index contributed by atoms with van der Waals surface area (Å²) in [6, 6.07) is 6.94. The first-order chi connectivity index (χ1) is 12.4. The summed E-state index contributed by atoms with van der Waals surface area (Å²) < 4.78 is 32.8. The van der Waals surface area contributed by atoms with Crippen LogP contribution in [0.4, 0.5) is 0 Å². The standard InChI is InChI=1S/C18H23N3O4S/c1-12-3-5-15(6-4-12)26(23,24)21-9-13-7-17-18(8-16(13)19-21)25-14(11-22)10-20(17)2/h3-6,9,14,17-18,22H,7-8,10-11H2,1-2H3/t14-,17-,18-/m1/s1. The number of nitrogens with zero attached hydrogens (tertiary/aromatic N) is 3. The first-order valence-electron chi connectivity index (χ1n) is 8.74. The maximum absolute atomic E-state index is 12.9. The SMILES string of the molecule is Cc1ccc(S(=O)(=O)n2cc3c(n2)C[C@H]2O[C@@H](CO)CN(C)[C@@H]2C3)cc1. The number of aryl methyl sites for hydroxylation is 1. The number of benzene rings is 1. The van der Waals surface area contributed by atoms with E-state index in [-0.39, 0.29) is 29.8 Å². The van der Waals surface area contributed by atoms with Crippen LogP contribution in [-0.2, 0) is 27.6 Å². The fourth-order valence-electron chi connectivity index (χ4n) is 3.81. The van der Waals surface area contributed by atoms with Crippen molar-refractivity contribution in [3.8, 4) is 0 Å². The quantitative estimate of drug-likeness (QED) is 0.843. The highest BCUT2D eigenvalue weighted by molar-refractivity contribution is 7.89. The van der Waals surface area contributed by atoms with E-state index in [9.17, 15) is 13.5 Å². The largest absolute Gasteiger partial charge is 0.394 e. The molecule has 1 saturated heterocycles. The van der Waals surface area contributed by atoms with Crippen molar-refractivity contribution in [1.82, 2.24) is 14.1 Å². The van der Waals surface area contributed by atoms with E-state index in [0.29, 0.717) is 19.4 Å². The number of aliphatic hydroxyl groups is 1. The van der Waals surface area contributed by atoms with Gasteiger partial charge in [0.25, 0.3) is 10.0 Å². The molecule has 1 aliphatic heterocycles. The number of hydrogen-bond acceptors (Lipinski definition) is 6. The average Bonchev–Trinajstić information content (AvgIpc) is 3.04. The Morgan fingerprint density at radius 2 is 2.00 bits per heavy atom. The lowest BCUT2D eigenvalue weighted by Crippen LogP contribution is -2.57. The van der Waals surface area contributed by atoms with Gasteiger partial charge in [0, 0.05) is 25.2 Å². The van der Waals surface area contributed by atoms with Gasteiger partial charge in [-0.25, -0.2) is 0 Å². The van der Waals surface area contributed by atoms with Crippen LogP contribution in [0, 0.1) is 6.92 Å². The number of fused-ring (bicyclic) bond motifs is 2. The number of hydrogen-bond donors (Lipinski definition) is 1. The molecule has 0 saturated carbocycles. The first kappa shape index (κ1) is 17.7. The minimum atomic E-state index is -3.70. The summed E-state index contributed by atoms with van der Waals surface area (Å²) in [5.74, 6) is 0. The summed E-state index contributed by atoms with van der Waals surface area (Å²) in [7, 11) is -1.69. The zero-order valence-electron chi connectivity index (χ0n) is 14.9. The van der Waals surface area contributed by atoms with Crippen molar-refractivity contribution in [2.24, 2.45) is 0 Å². The molecule has 26 heavy (non-hydrogen) atoms. The Morgan fingerprint density at radius 1 is 1.27 bits per heavy atom. The molecule has 1 aromatic heterocycles. The van der Waals surface area contributed by atoms with E-state index in [1.165, 1.54) is 0 Å². The zero-order valence-corrected chi connectivity index (χ0v) is 15.7. The van der Waals surface area contributed by atoms with Gasteiger partial charge in [-0.1, -0.05) is 17.7 Å². The molecular formula is C18H23N3O4S. The number of rotatable bonds is 3. The summed E-state index contributed by atoms with van der Waals surface area (Å²) in [6.07, 6.45) is 2.59. The van der Waals surface area contributed by atoms with Crippen LogP contribution in [0.2, 0.25) is 0 Å². The maximum atomic E-state index is 12.9. The van der Waals surface area contributed by atoms with Gasteiger partial charge in [0.15, 0.2) is 0 Å². The Morgan fingerprint density at radius 3 is 2.69 bits per heavy atom. The van der Waals surface area contributed by atoms with Crippen molar-refractivity contribution in [2.75, 3.05) is 20.2 Å². The monoisotopic (exact) mass is 377 g/mol. The number of ether oxygens (including phenoxy) is 1. The second-order valence-corrected chi connectivity index (χ2v) is 8.98. The third kappa shape index (κ3) is 2.96. The molecular weight excluding hydrogens is 354 g/mol. The second-order valence-electron chi connectivity index (χ2n) is 7.19. The molecule has 0 amide bonds. The smallest absolute Gasteiger partial charge is 0.282 e. The normalized spacial score (nSPS) is 26.3. The predicted octanol–water partition coefficient (Wildman–Crippen LogP) is 0.587. The lowest BCUT2D eigenvalue weighted by atomic mass is 9.88. The van der Waals surface area contributed by atoms with Crippen LogP contribution in [0.25, 0.3) is 0 Å². The molecule has 1 fully saturated rings. The molecule has 1 N–H and O–H groups in total. The minimum Gasteiger partial charge on any atom is -0.394 e. The summed E-state index contributed by atoms with van der Waals surface area (Å²) in [4.78, 5) is 2.41. The van der Waals surface area contributed by atoms with Crippen LogP contribution in [0.15, 0.2) is 35.4 Å². The number of morpholine rings is 1. The molecule has 0 unspecified atom stereocenters. The Bertz CT molecular complexity index is 907. The van der Waals surface area contributed by atoms with E-state index in [4.69, 9.17) is 4.74 Å². The Balaban J connectivity index is 1.65. The van der Waals surface area contributed by atoms with Crippen molar-refractivity contribution in [1.29, 1.82) is 0 Å². The second kappa shape index (κ2) is 6.45. The zero-order chi connectivity index (χ0) is 18.5. The van der Waals surface area contributed by atoms with Gasteiger partial charge >= 0.3 is 0 Å². The molecule has 8 heteroatoms. The Labute approximate surface area is 153 Å². The molecule has 1 aromatic carbocycles. The summed E-state index contributed by atoms with van der Waals surface area (Å²) in [5, 5.41) is 13.8. The lowest BCUT2D eigenvalue weighted by molar-refractivity contribution is -0.129. The topological polar surface area (TPSA) is 84.7 Å². The third-order valence-electron chi connectivity index (χ3n) is 5.30.